The molecular formula is C14H23NO2. The van der Waals surface area contributed by atoms with Gasteiger partial charge in [0.05, 0.1) is 19.3 Å². The van der Waals surface area contributed by atoms with Crippen molar-refractivity contribution in [1.29, 1.82) is 0 Å². The lowest BCUT2D eigenvalue weighted by atomic mass is 9.91. The standard InChI is InChI=1S/C14H23NO2/c1-5-11(2)15-14(3,10-16)12-7-6-8-13(9-12)17-4/h6-9,11,15-16H,5,10H2,1-4H3. The first kappa shape index (κ1) is 14.0. The Bertz CT molecular complexity index is 354. The lowest BCUT2D eigenvalue weighted by molar-refractivity contribution is 0.162. The lowest BCUT2D eigenvalue weighted by Gasteiger charge is -2.32. The molecule has 17 heavy (non-hydrogen) atoms. The average Bonchev–Trinajstić information content (AvgIpc) is 2.38. The number of benzene rings is 1. The van der Waals surface area contributed by atoms with E-state index in [9.17, 15) is 5.11 Å². The third-order valence-corrected chi connectivity index (χ3v) is 3.20. The minimum atomic E-state index is -0.427. The summed E-state index contributed by atoms with van der Waals surface area (Å²) >= 11 is 0. The smallest absolute Gasteiger partial charge is 0.119 e. The van der Waals surface area contributed by atoms with Gasteiger partial charge >= 0.3 is 0 Å². The van der Waals surface area contributed by atoms with Gasteiger partial charge in [0.1, 0.15) is 5.75 Å². The van der Waals surface area contributed by atoms with Crippen molar-refractivity contribution in [1.82, 2.24) is 5.32 Å². The van der Waals surface area contributed by atoms with Crippen molar-refractivity contribution in [2.24, 2.45) is 0 Å². The van der Waals surface area contributed by atoms with E-state index in [-0.39, 0.29) is 6.61 Å². The molecule has 0 saturated heterocycles. The number of methoxy groups -OCH3 is 1. The van der Waals surface area contributed by atoms with E-state index in [4.69, 9.17) is 4.74 Å². The number of nitrogens with one attached hydrogen (secondary N) is 1. The van der Waals surface area contributed by atoms with E-state index in [0.717, 1.165) is 17.7 Å². The molecule has 1 aromatic carbocycles. The van der Waals surface area contributed by atoms with E-state index in [0.29, 0.717) is 6.04 Å². The zero-order chi connectivity index (χ0) is 12.9. The van der Waals surface area contributed by atoms with Crippen molar-refractivity contribution < 1.29 is 9.84 Å². The molecule has 0 amide bonds. The maximum Gasteiger partial charge on any atom is 0.119 e. The summed E-state index contributed by atoms with van der Waals surface area (Å²) in [5.41, 5.74) is 0.615. The molecule has 1 rings (SSSR count). The topological polar surface area (TPSA) is 41.5 Å². The zero-order valence-electron chi connectivity index (χ0n) is 11.2. The predicted octanol–water partition coefficient (Wildman–Crippen LogP) is 2.29. The molecule has 0 saturated carbocycles. The molecule has 0 heterocycles. The highest BCUT2D eigenvalue weighted by Crippen LogP contribution is 2.25. The molecule has 2 N–H and O–H groups in total. The molecule has 0 bridgehead atoms. The fourth-order valence-corrected chi connectivity index (χ4v) is 1.83. The number of aliphatic hydroxyl groups excluding tert-OH is 1. The van der Waals surface area contributed by atoms with Crippen LogP contribution >= 0.6 is 0 Å². The maximum atomic E-state index is 9.64. The zero-order valence-corrected chi connectivity index (χ0v) is 11.2. The van der Waals surface area contributed by atoms with Gasteiger partial charge in [0.25, 0.3) is 0 Å². The molecule has 0 aliphatic carbocycles. The van der Waals surface area contributed by atoms with Crippen molar-refractivity contribution in [2.75, 3.05) is 13.7 Å². The van der Waals surface area contributed by atoms with E-state index in [1.165, 1.54) is 0 Å². The lowest BCUT2D eigenvalue weighted by Crippen LogP contribution is -2.47. The quantitative estimate of drug-likeness (QED) is 0.797. The van der Waals surface area contributed by atoms with Gasteiger partial charge in [-0.05, 0) is 38.0 Å². The highest BCUT2D eigenvalue weighted by molar-refractivity contribution is 5.33. The molecule has 0 aliphatic heterocycles. The summed E-state index contributed by atoms with van der Waals surface area (Å²) < 4.78 is 5.22. The van der Waals surface area contributed by atoms with Crippen LogP contribution in [0.15, 0.2) is 24.3 Å². The molecule has 1 aromatic rings. The Morgan fingerprint density at radius 1 is 1.47 bits per heavy atom. The Morgan fingerprint density at radius 3 is 2.71 bits per heavy atom. The van der Waals surface area contributed by atoms with Crippen molar-refractivity contribution in [3.05, 3.63) is 29.8 Å². The summed E-state index contributed by atoms with van der Waals surface area (Å²) in [5, 5.41) is 13.1. The molecular weight excluding hydrogens is 214 g/mol. The SMILES string of the molecule is CCC(C)NC(C)(CO)c1cccc(OC)c1. The van der Waals surface area contributed by atoms with Crippen molar-refractivity contribution in [2.45, 2.75) is 38.8 Å². The van der Waals surface area contributed by atoms with Gasteiger partial charge in [-0.2, -0.15) is 0 Å². The van der Waals surface area contributed by atoms with E-state index < -0.39 is 5.54 Å². The fourth-order valence-electron chi connectivity index (χ4n) is 1.83. The predicted molar refractivity (Wildman–Crippen MR) is 70.3 cm³/mol. The number of rotatable bonds is 6. The number of ether oxygens (including phenoxy) is 1. The minimum absolute atomic E-state index is 0.0600. The van der Waals surface area contributed by atoms with Crippen LogP contribution in [0.25, 0.3) is 0 Å². The fraction of sp³-hybridized carbons (Fsp3) is 0.571. The van der Waals surface area contributed by atoms with Crippen molar-refractivity contribution >= 4 is 0 Å². The first-order valence-corrected chi connectivity index (χ1v) is 6.08. The first-order chi connectivity index (χ1) is 8.05. The average molecular weight is 237 g/mol. The van der Waals surface area contributed by atoms with Crippen LogP contribution in [0.3, 0.4) is 0 Å². The molecule has 0 radical (unpaired) electrons. The summed E-state index contributed by atoms with van der Waals surface area (Å²) in [7, 11) is 1.65. The summed E-state index contributed by atoms with van der Waals surface area (Å²) in [6.07, 6.45) is 1.03. The largest absolute Gasteiger partial charge is 0.497 e. The Labute approximate surface area is 104 Å². The van der Waals surface area contributed by atoms with Gasteiger partial charge in [-0.25, -0.2) is 0 Å². The van der Waals surface area contributed by atoms with Crippen LogP contribution in [0.4, 0.5) is 0 Å². The molecule has 96 valence electrons. The number of hydrogen-bond donors (Lipinski definition) is 2. The Hall–Kier alpha value is -1.06. The second kappa shape index (κ2) is 6.03. The van der Waals surface area contributed by atoms with Gasteiger partial charge in [0, 0.05) is 6.04 Å². The van der Waals surface area contributed by atoms with Gasteiger partial charge < -0.3 is 15.2 Å². The van der Waals surface area contributed by atoms with E-state index in [1.807, 2.05) is 31.2 Å². The maximum absolute atomic E-state index is 9.64. The molecule has 0 aliphatic rings. The van der Waals surface area contributed by atoms with Crippen LogP contribution in [0.1, 0.15) is 32.8 Å². The summed E-state index contributed by atoms with van der Waals surface area (Å²) in [6, 6.07) is 8.18. The van der Waals surface area contributed by atoms with Gasteiger partial charge in [0.2, 0.25) is 0 Å². The Balaban J connectivity index is 2.97. The second-order valence-corrected chi connectivity index (χ2v) is 4.68. The third kappa shape index (κ3) is 3.45. The van der Waals surface area contributed by atoms with Crippen molar-refractivity contribution in [3.8, 4) is 5.75 Å². The van der Waals surface area contributed by atoms with Crippen LogP contribution in [-0.2, 0) is 5.54 Å². The highest BCUT2D eigenvalue weighted by atomic mass is 16.5. The molecule has 3 nitrogen and oxygen atoms in total. The van der Waals surface area contributed by atoms with E-state index >= 15 is 0 Å². The molecule has 0 spiro atoms. The van der Waals surface area contributed by atoms with Gasteiger partial charge in [-0.1, -0.05) is 19.1 Å². The van der Waals surface area contributed by atoms with Crippen LogP contribution in [0.5, 0.6) is 5.75 Å². The van der Waals surface area contributed by atoms with Crippen LogP contribution < -0.4 is 10.1 Å². The summed E-state index contributed by atoms with van der Waals surface area (Å²) in [6.45, 7) is 6.31. The monoisotopic (exact) mass is 237 g/mol. The molecule has 0 fully saturated rings. The molecule has 2 atom stereocenters. The first-order valence-electron chi connectivity index (χ1n) is 6.08. The van der Waals surface area contributed by atoms with Gasteiger partial charge in [-0.3, -0.25) is 0 Å². The molecule has 3 heteroatoms. The third-order valence-electron chi connectivity index (χ3n) is 3.20. The normalized spacial score (nSPS) is 16.3. The highest BCUT2D eigenvalue weighted by Gasteiger charge is 2.27. The van der Waals surface area contributed by atoms with Crippen LogP contribution in [-0.4, -0.2) is 24.9 Å². The molecule has 0 aromatic heterocycles. The van der Waals surface area contributed by atoms with Gasteiger partial charge in [0.15, 0.2) is 0 Å². The Kier molecular flexibility index (Phi) is 4.97. The van der Waals surface area contributed by atoms with Crippen molar-refractivity contribution in [3.63, 3.8) is 0 Å². The van der Waals surface area contributed by atoms with Gasteiger partial charge in [-0.15, -0.1) is 0 Å². The Morgan fingerprint density at radius 2 is 2.18 bits per heavy atom. The minimum Gasteiger partial charge on any atom is -0.497 e. The summed E-state index contributed by atoms with van der Waals surface area (Å²) in [5.74, 6) is 0.813. The van der Waals surface area contributed by atoms with E-state index in [2.05, 4.69) is 19.2 Å². The second-order valence-electron chi connectivity index (χ2n) is 4.68. The van der Waals surface area contributed by atoms with Crippen LogP contribution in [0.2, 0.25) is 0 Å². The summed E-state index contributed by atoms with van der Waals surface area (Å²) in [4.78, 5) is 0. The van der Waals surface area contributed by atoms with Crippen LogP contribution in [0, 0.1) is 0 Å². The van der Waals surface area contributed by atoms with E-state index in [1.54, 1.807) is 7.11 Å². The molecule has 2 unspecified atom stereocenters. The number of hydrogen-bond acceptors (Lipinski definition) is 3. The number of aliphatic hydroxyl groups is 1.